The Morgan fingerprint density at radius 2 is 1.93 bits per heavy atom. The molecule has 4 rings (SSSR count). The van der Waals surface area contributed by atoms with Gasteiger partial charge in [-0.3, -0.25) is 4.79 Å². The number of amides is 1. The molecule has 0 N–H and O–H groups in total. The monoisotopic (exact) mass is 416 g/mol. The highest BCUT2D eigenvalue weighted by Crippen LogP contribution is 2.27. The van der Waals surface area contributed by atoms with E-state index in [1.165, 1.54) is 0 Å². The first kappa shape index (κ1) is 19.0. The third kappa shape index (κ3) is 4.54. The number of hydrogen-bond acceptors (Lipinski definition) is 6. The average Bonchev–Trinajstić information content (AvgIpc) is 3.17. The zero-order valence-electron chi connectivity index (χ0n) is 15.4. The van der Waals surface area contributed by atoms with E-state index in [-0.39, 0.29) is 5.91 Å². The van der Waals surface area contributed by atoms with E-state index in [0.717, 1.165) is 47.4 Å². The van der Waals surface area contributed by atoms with Crippen LogP contribution in [0.2, 0.25) is 5.02 Å². The van der Waals surface area contributed by atoms with Gasteiger partial charge in [0.1, 0.15) is 16.1 Å². The Hall–Kier alpha value is -2.38. The van der Waals surface area contributed by atoms with Crippen LogP contribution in [0.5, 0.6) is 5.75 Å². The second kappa shape index (κ2) is 8.75. The molecule has 28 heavy (non-hydrogen) atoms. The molecular formula is C20H21ClN4O2S. The maximum atomic E-state index is 12.4. The van der Waals surface area contributed by atoms with Gasteiger partial charge >= 0.3 is 0 Å². The number of pyridine rings is 1. The second-order valence-corrected chi connectivity index (χ2v) is 7.99. The molecule has 1 fully saturated rings. The fourth-order valence-corrected chi connectivity index (χ4v) is 4.23. The number of hydrogen-bond donors (Lipinski definition) is 0. The molecule has 1 aliphatic rings. The van der Waals surface area contributed by atoms with E-state index >= 15 is 0 Å². The zero-order valence-corrected chi connectivity index (χ0v) is 17.0. The van der Waals surface area contributed by atoms with Crippen LogP contribution in [-0.4, -0.2) is 53.6 Å². The Labute approximate surface area is 172 Å². The largest absolute Gasteiger partial charge is 0.494 e. The fourth-order valence-electron chi connectivity index (χ4n) is 3.14. The number of ether oxygens (including phenoxy) is 1. The van der Waals surface area contributed by atoms with Gasteiger partial charge in [-0.15, -0.1) is 0 Å². The number of carbonyl (C=O) groups is 1. The molecule has 2 aromatic heterocycles. The first-order valence-electron chi connectivity index (χ1n) is 9.32. The van der Waals surface area contributed by atoms with Crippen molar-refractivity contribution in [1.82, 2.24) is 14.9 Å². The molecule has 1 aliphatic heterocycles. The van der Waals surface area contributed by atoms with E-state index in [9.17, 15) is 4.79 Å². The van der Waals surface area contributed by atoms with Gasteiger partial charge in [0.15, 0.2) is 5.13 Å². The van der Waals surface area contributed by atoms with Gasteiger partial charge in [-0.25, -0.2) is 9.97 Å². The van der Waals surface area contributed by atoms with E-state index in [1.54, 1.807) is 29.7 Å². The van der Waals surface area contributed by atoms with Gasteiger partial charge in [-0.1, -0.05) is 22.9 Å². The molecule has 0 radical (unpaired) electrons. The lowest BCUT2D eigenvalue weighted by Gasteiger charge is -2.34. The zero-order chi connectivity index (χ0) is 19.3. The lowest BCUT2D eigenvalue weighted by atomic mass is 10.2. The van der Waals surface area contributed by atoms with Crippen molar-refractivity contribution in [2.45, 2.75) is 12.8 Å². The van der Waals surface area contributed by atoms with Crippen molar-refractivity contribution in [1.29, 1.82) is 0 Å². The van der Waals surface area contributed by atoms with Crippen molar-refractivity contribution in [2.75, 3.05) is 37.7 Å². The van der Waals surface area contributed by atoms with Crippen LogP contribution in [0, 0.1) is 0 Å². The summed E-state index contributed by atoms with van der Waals surface area (Å²) < 4.78 is 5.65. The molecule has 146 valence electrons. The smallest absolute Gasteiger partial charge is 0.222 e. The molecule has 1 amide bonds. The van der Waals surface area contributed by atoms with Crippen LogP contribution in [0.1, 0.15) is 12.8 Å². The van der Waals surface area contributed by atoms with Gasteiger partial charge in [0, 0.05) is 43.8 Å². The fraction of sp³-hybridized carbons (Fsp3) is 0.350. The molecular weight excluding hydrogens is 396 g/mol. The van der Waals surface area contributed by atoms with Crippen LogP contribution < -0.4 is 9.64 Å². The minimum Gasteiger partial charge on any atom is -0.494 e. The average molecular weight is 417 g/mol. The van der Waals surface area contributed by atoms with Gasteiger partial charge in [0.2, 0.25) is 5.91 Å². The summed E-state index contributed by atoms with van der Waals surface area (Å²) >= 11 is 7.46. The summed E-state index contributed by atoms with van der Waals surface area (Å²) in [6, 6.07) is 11.1. The lowest BCUT2D eigenvalue weighted by molar-refractivity contribution is -0.131. The number of anilines is 1. The molecule has 6 nitrogen and oxygen atoms in total. The van der Waals surface area contributed by atoms with E-state index in [2.05, 4.69) is 14.9 Å². The van der Waals surface area contributed by atoms with Crippen molar-refractivity contribution in [3.63, 3.8) is 0 Å². The molecule has 8 heteroatoms. The Kier molecular flexibility index (Phi) is 5.92. The number of thiazole rings is 1. The summed E-state index contributed by atoms with van der Waals surface area (Å²) in [6.45, 7) is 3.56. The molecule has 0 bridgehead atoms. The van der Waals surface area contributed by atoms with Gasteiger partial charge in [0.05, 0.1) is 6.61 Å². The summed E-state index contributed by atoms with van der Waals surface area (Å²) in [4.78, 5) is 26.6. The van der Waals surface area contributed by atoms with E-state index < -0.39 is 0 Å². The highest BCUT2D eigenvalue weighted by Gasteiger charge is 2.23. The number of halogens is 1. The predicted octanol–water partition coefficient (Wildman–Crippen LogP) is 3.85. The number of fused-ring (bicyclic) bond motifs is 1. The van der Waals surface area contributed by atoms with Gasteiger partial charge in [-0.2, -0.15) is 0 Å². The quantitative estimate of drug-likeness (QED) is 0.571. The normalized spacial score (nSPS) is 14.5. The lowest BCUT2D eigenvalue weighted by Crippen LogP contribution is -2.48. The molecule has 3 aromatic rings. The van der Waals surface area contributed by atoms with Crippen LogP contribution in [0.4, 0.5) is 5.13 Å². The molecule has 3 heterocycles. The first-order chi connectivity index (χ1) is 13.7. The van der Waals surface area contributed by atoms with Crippen molar-refractivity contribution >= 4 is 44.3 Å². The summed E-state index contributed by atoms with van der Waals surface area (Å²) in [5.74, 6) is 0.959. The number of piperazine rings is 1. The molecule has 0 saturated carbocycles. The Balaban J connectivity index is 1.21. The molecule has 0 spiro atoms. The highest BCUT2D eigenvalue weighted by molar-refractivity contribution is 7.21. The van der Waals surface area contributed by atoms with Crippen molar-refractivity contribution in [3.8, 4) is 5.75 Å². The topological polar surface area (TPSA) is 58.6 Å². The third-order valence-corrected chi connectivity index (χ3v) is 5.97. The Bertz CT molecular complexity index is 906. The summed E-state index contributed by atoms with van der Waals surface area (Å²) in [5, 5.41) is 1.67. The van der Waals surface area contributed by atoms with Crippen molar-refractivity contribution in [3.05, 3.63) is 47.6 Å². The first-order valence-corrected chi connectivity index (χ1v) is 10.5. The van der Waals surface area contributed by atoms with Crippen LogP contribution in [0.3, 0.4) is 0 Å². The van der Waals surface area contributed by atoms with Crippen molar-refractivity contribution in [2.24, 2.45) is 0 Å². The summed E-state index contributed by atoms with van der Waals surface area (Å²) in [5.41, 5.74) is 0.932. The number of nitrogens with zero attached hydrogens (tertiary/aromatic N) is 4. The van der Waals surface area contributed by atoms with Gasteiger partial charge in [-0.05, 0) is 42.8 Å². The van der Waals surface area contributed by atoms with E-state index in [1.807, 2.05) is 29.2 Å². The molecule has 1 aromatic carbocycles. The molecule has 0 atom stereocenters. The van der Waals surface area contributed by atoms with Crippen LogP contribution >= 0.6 is 22.9 Å². The van der Waals surface area contributed by atoms with E-state index in [0.29, 0.717) is 24.5 Å². The number of benzene rings is 1. The maximum absolute atomic E-state index is 12.4. The number of carbonyl (C=O) groups excluding carboxylic acids is 1. The molecule has 1 saturated heterocycles. The Morgan fingerprint density at radius 3 is 2.68 bits per heavy atom. The van der Waals surface area contributed by atoms with E-state index in [4.69, 9.17) is 16.3 Å². The number of aromatic nitrogens is 2. The second-order valence-electron chi connectivity index (χ2n) is 6.60. The van der Waals surface area contributed by atoms with Crippen LogP contribution in [0.15, 0.2) is 42.6 Å². The third-order valence-electron chi connectivity index (χ3n) is 4.68. The summed E-state index contributed by atoms with van der Waals surface area (Å²) in [7, 11) is 0. The SMILES string of the molecule is O=C(CCCOc1ccc(Cl)cc1)N1CCN(c2nc3cccnc3s2)CC1. The number of rotatable bonds is 6. The van der Waals surface area contributed by atoms with Crippen LogP contribution in [0.25, 0.3) is 10.3 Å². The molecule has 0 unspecified atom stereocenters. The molecule has 0 aliphatic carbocycles. The minimum atomic E-state index is 0.185. The van der Waals surface area contributed by atoms with Crippen molar-refractivity contribution < 1.29 is 9.53 Å². The Morgan fingerprint density at radius 1 is 1.14 bits per heavy atom. The van der Waals surface area contributed by atoms with Gasteiger partial charge in [0.25, 0.3) is 0 Å². The van der Waals surface area contributed by atoms with Gasteiger partial charge < -0.3 is 14.5 Å². The highest BCUT2D eigenvalue weighted by atomic mass is 35.5. The predicted molar refractivity (Wildman–Crippen MR) is 112 cm³/mol. The van der Waals surface area contributed by atoms with Crippen LogP contribution in [-0.2, 0) is 4.79 Å². The standard InChI is InChI=1S/C20H21ClN4O2S/c21-15-5-7-16(8-6-15)27-14-2-4-18(26)24-10-12-25(13-11-24)20-23-17-3-1-9-22-19(17)28-20/h1,3,5-9H,2,4,10-14H2. The summed E-state index contributed by atoms with van der Waals surface area (Å²) in [6.07, 6.45) is 2.99. The maximum Gasteiger partial charge on any atom is 0.222 e. The minimum absolute atomic E-state index is 0.185.